The van der Waals surface area contributed by atoms with Gasteiger partial charge < -0.3 is 29.3 Å². The van der Waals surface area contributed by atoms with Gasteiger partial charge in [-0.1, -0.05) is 13.0 Å². The Morgan fingerprint density at radius 1 is 1.14 bits per heavy atom. The van der Waals surface area contributed by atoms with Gasteiger partial charge in [-0.2, -0.15) is 0 Å². The van der Waals surface area contributed by atoms with E-state index in [2.05, 4.69) is 11.8 Å². The topological polar surface area (TPSA) is 106 Å². The highest BCUT2D eigenvalue weighted by atomic mass is 16.5. The number of rotatable bonds is 9. The van der Waals surface area contributed by atoms with E-state index >= 15 is 0 Å². The van der Waals surface area contributed by atoms with E-state index in [9.17, 15) is 0 Å². The van der Waals surface area contributed by atoms with E-state index in [1.807, 2.05) is 24.3 Å². The molecule has 1 atom stereocenters. The van der Waals surface area contributed by atoms with Crippen molar-refractivity contribution in [2.45, 2.75) is 26.2 Å². The molecule has 8 heteroatoms. The Hall–Kier alpha value is -2.32. The molecule has 1 aliphatic rings. The molecule has 0 amide bonds. The van der Waals surface area contributed by atoms with Gasteiger partial charge in [0.15, 0.2) is 0 Å². The largest absolute Gasteiger partial charge is 0.497 e. The molecule has 1 aliphatic heterocycles. The quantitative estimate of drug-likeness (QED) is 0.483. The number of carboxylic acid groups (broad SMARTS) is 2. The fraction of sp³-hybridized carbons (Fsp3) is 0.600. The van der Waals surface area contributed by atoms with Gasteiger partial charge in [0.1, 0.15) is 18.1 Å². The maximum Gasteiger partial charge on any atom is 0.414 e. The number of aliphatic carboxylic acids is 2. The van der Waals surface area contributed by atoms with Crippen LogP contribution in [0.5, 0.6) is 11.5 Å². The molecule has 1 fully saturated rings. The molecule has 0 aromatic heterocycles. The fourth-order valence-corrected chi connectivity index (χ4v) is 2.89. The number of piperidine rings is 1. The van der Waals surface area contributed by atoms with Crippen molar-refractivity contribution in [3.05, 3.63) is 24.3 Å². The van der Waals surface area contributed by atoms with Crippen LogP contribution in [0.25, 0.3) is 0 Å². The van der Waals surface area contributed by atoms with Crippen LogP contribution in [0, 0.1) is 5.92 Å². The molecule has 1 saturated heterocycles. The Balaban J connectivity index is 0.000000568. The number of hydrogen-bond donors (Lipinski definition) is 2. The minimum atomic E-state index is -1.82. The summed E-state index contributed by atoms with van der Waals surface area (Å²) in [6.45, 7) is 8.02. The van der Waals surface area contributed by atoms with E-state index in [1.165, 1.54) is 25.9 Å². The van der Waals surface area contributed by atoms with Gasteiger partial charge in [0, 0.05) is 25.8 Å². The molecule has 28 heavy (non-hydrogen) atoms. The molecule has 8 nitrogen and oxygen atoms in total. The van der Waals surface area contributed by atoms with Crippen LogP contribution in [-0.4, -0.2) is 73.6 Å². The van der Waals surface area contributed by atoms with Gasteiger partial charge >= 0.3 is 11.9 Å². The van der Waals surface area contributed by atoms with Crippen LogP contribution in [-0.2, 0) is 14.3 Å². The Morgan fingerprint density at radius 2 is 1.86 bits per heavy atom. The second-order valence-corrected chi connectivity index (χ2v) is 6.65. The van der Waals surface area contributed by atoms with E-state index < -0.39 is 11.9 Å². The minimum Gasteiger partial charge on any atom is -0.497 e. The van der Waals surface area contributed by atoms with Crippen molar-refractivity contribution in [3.8, 4) is 11.5 Å². The molecule has 1 unspecified atom stereocenters. The molecule has 1 aromatic carbocycles. The molecule has 1 heterocycles. The number of ether oxygens (including phenoxy) is 3. The third-order valence-electron chi connectivity index (χ3n) is 4.22. The Bertz CT molecular complexity index is 582. The third-order valence-corrected chi connectivity index (χ3v) is 4.22. The number of nitrogens with zero attached hydrogens (tertiary/aromatic N) is 1. The van der Waals surface area contributed by atoms with E-state index in [4.69, 9.17) is 34.0 Å². The zero-order valence-corrected chi connectivity index (χ0v) is 16.6. The molecule has 0 saturated carbocycles. The Kier molecular flexibility index (Phi) is 11.7. The SMILES string of the molecule is COc1cccc(OCCOCCCN2CCCC(C)C2)c1.O=C(O)C(=O)O. The average Bonchev–Trinajstić information content (AvgIpc) is 2.68. The second kappa shape index (κ2) is 13.8. The highest BCUT2D eigenvalue weighted by molar-refractivity contribution is 6.27. The summed E-state index contributed by atoms with van der Waals surface area (Å²) in [7, 11) is 1.66. The maximum absolute atomic E-state index is 9.10. The molecule has 0 radical (unpaired) electrons. The Labute approximate surface area is 166 Å². The maximum atomic E-state index is 9.10. The number of carboxylic acids is 2. The third kappa shape index (κ3) is 10.7. The van der Waals surface area contributed by atoms with Crippen molar-refractivity contribution < 1.29 is 34.0 Å². The summed E-state index contributed by atoms with van der Waals surface area (Å²) >= 11 is 0. The van der Waals surface area contributed by atoms with Crippen molar-refractivity contribution in [3.63, 3.8) is 0 Å². The van der Waals surface area contributed by atoms with Crippen LogP contribution in [0.15, 0.2) is 24.3 Å². The highest BCUT2D eigenvalue weighted by Gasteiger charge is 2.15. The van der Waals surface area contributed by atoms with Gasteiger partial charge in [-0.15, -0.1) is 0 Å². The van der Waals surface area contributed by atoms with E-state index in [0.717, 1.165) is 37.0 Å². The van der Waals surface area contributed by atoms with Crippen LogP contribution in [0.2, 0.25) is 0 Å². The molecule has 0 aliphatic carbocycles. The van der Waals surface area contributed by atoms with Gasteiger partial charge in [-0.3, -0.25) is 0 Å². The number of methoxy groups -OCH3 is 1. The van der Waals surface area contributed by atoms with Crippen molar-refractivity contribution in [1.29, 1.82) is 0 Å². The first-order valence-electron chi connectivity index (χ1n) is 9.45. The normalized spacial score (nSPS) is 16.6. The lowest BCUT2D eigenvalue weighted by Gasteiger charge is -2.30. The average molecular weight is 397 g/mol. The molecule has 0 bridgehead atoms. The molecule has 1 aromatic rings. The lowest BCUT2D eigenvalue weighted by Crippen LogP contribution is -2.35. The van der Waals surface area contributed by atoms with Crippen molar-refractivity contribution in [1.82, 2.24) is 4.90 Å². The summed E-state index contributed by atoms with van der Waals surface area (Å²) in [5.74, 6) is -1.16. The first-order valence-corrected chi connectivity index (χ1v) is 9.45. The van der Waals surface area contributed by atoms with E-state index in [-0.39, 0.29) is 0 Å². The molecular formula is C20H31NO7. The smallest absolute Gasteiger partial charge is 0.414 e. The zero-order chi connectivity index (χ0) is 20.8. The standard InChI is InChI=1S/C18H29NO3.C2H2O4/c1-16-6-4-9-19(15-16)10-5-11-21-12-13-22-18-8-3-7-17(14-18)20-2;3-1(4)2(5)6/h3,7-8,14,16H,4-6,9-13,15H2,1-2H3;(H,3,4)(H,5,6). The molecule has 2 N–H and O–H groups in total. The number of carbonyl (C=O) groups is 2. The van der Waals surface area contributed by atoms with Crippen LogP contribution < -0.4 is 9.47 Å². The molecular weight excluding hydrogens is 366 g/mol. The predicted molar refractivity (Wildman–Crippen MR) is 104 cm³/mol. The lowest BCUT2D eigenvalue weighted by molar-refractivity contribution is -0.159. The van der Waals surface area contributed by atoms with Crippen LogP contribution in [0.1, 0.15) is 26.2 Å². The summed E-state index contributed by atoms with van der Waals surface area (Å²) in [6.07, 6.45) is 3.83. The van der Waals surface area contributed by atoms with Crippen molar-refractivity contribution >= 4 is 11.9 Å². The fourth-order valence-electron chi connectivity index (χ4n) is 2.89. The van der Waals surface area contributed by atoms with Gasteiger partial charge in [0.05, 0.1) is 13.7 Å². The summed E-state index contributed by atoms with van der Waals surface area (Å²) in [4.78, 5) is 20.8. The number of benzene rings is 1. The number of likely N-dealkylation sites (tertiary alicyclic amines) is 1. The van der Waals surface area contributed by atoms with Crippen LogP contribution >= 0.6 is 0 Å². The highest BCUT2D eigenvalue weighted by Crippen LogP contribution is 2.18. The number of hydrogen-bond acceptors (Lipinski definition) is 6. The van der Waals surface area contributed by atoms with Crippen molar-refractivity contribution in [2.24, 2.45) is 5.92 Å². The first-order chi connectivity index (χ1) is 13.4. The minimum absolute atomic E-state index is 0.577. The summed E-state index contributed by atoms with van der Waals surface area (Å²) in [5, 5.41) is 14.8. The summed E-state index contributed by atoms with van der Waals surface area (Å²) in [5.41, 5.74) is 0. The van der Waals surface area contributed by atoms with Gasteiger partial charge in [-0.05, 0) is 43.9 Å². The molecule has 0 spiro atoms. The first kappa shape index (κ1) is 23.7. The van der Waals surface area contributed by atoms with Gasteiger partial charge in [-0.25, -0.2) is 9.59 Å². The second-order valence-electron chi connectivity index (χ2n) is 6.65. The summed E-state index contributed by atoms with van der Waals surface area (Å²) in [6, 6.07) is 7.65. The molecule has 158 valence electrons. The van der Waals surface area contributed by atoms with E-state index in [1.54, 1.807) is 7.11 Å². The monoisotopic (exact) mass is 397 g/mol. The zero-order valence-electron chi connectivity index (χ0n) is 16.6. The predicted octanol–water partition coefficient (Wildman–Crippen LogP) is 2.37. The van der Waals surface area contributed by atoms with Crippen LogP contribution in [0.3, 0.4) is 0 Å². The summed E-state index contributed by atoms with van der Waals surface area (Å²) < 4.78 is 16.5. The van der Waals surface area contributed by atoms with Crippen LogP contribution in [0.4, 0.5) is 0 Å². The Morgan fingerprint density at radius 3 is 2.50 bits per heavy atom. The van der Waals surface area contributed by atoms with E-state index in [0.29, 0.717) is 13.2 Å². The van der Waals surface area contributed by atoms with Gasteiger partial charge in [0.25, 0.3) is 0 Å². The van der Waals surface area contributed by atoms with Crippen molar-refractivity contribution in [2.75, 3.05) is 46.6 Å². The van der Waals surface area contributed by atoms with Gasteiger partial charge in [0.2, 0.25) is 0 Å². The lowest BCUT2D eigenvalue weighted by atomic mass is 10.0. The molecule has 2 rings (SSSR count).